The fourth-order valence-corrected chi connectivity index (χ4v) is 6.52. The van der Waals surface area contributed by atoms with E-state index in [0.717, 1.165) is 61.0 Å². The van der Waals surface area contributed by atoms with Gasteiger partial charge in [-0.1, -0.05) is 36.4 Å². The van der Waals surface area contributed by atoms with Crippen LogP contribution in [0.15, 0.2) is 48.5 Å². The maximum Gasteiger partial charge on any atom is 0.488 e. The molecule has 2 aromatic rings. The number of carbonyl (C=O) groups excluding carboxylic acids is 2. The first kappa shape index (κ1) is 20.9. The van der Waals surface area contributed by atoms with Crippen molar-refractivity contribution in [2.24, 2.45) is 0 Å². The van der Waals surface area contributed by atoms with E-state index in [1.165, 1.54) is 7.69 Å². The second-order valence-electron chi connectivity index (χ2n) is 9.97. The maximum absolute atomic E-state index is 12.9. The molecular formula is C26H28BN2O4. The predicted octanol–water partition coefficient (Wildman–Crippen LogP) is 4.22. The molecule has 6 nitrogen and oxygen atoms in total. The van der Waals surface area contributed by atoms with Crippen molar-refractivity contribution >= 4 is 30.9 Å². The number of carbonyl (C=O) groups is 2. The number of fused-ring (bicyclic) bond motifs is 4. The van der Waals surface area contributed by atoms with Crippen LogP contribution in [0.2, 0.25) is 0 Å². The van der Waals surface area contributed by atoms with Crippen molar-refractivity contribution in [2.75, 3.05) is 10.6 Å². The fraction of sp³-hybridized carbons (Fsp3) is 0.462. The first-order chi connectivity index (χ1) is 16.1. The van der Waals surface area contributed by atoms with Crippen LogP contribution in [0.4, 0.5) is 11.4 Å². The molecule has 2 spiro atoms. The molecule has 2 aromatic carbocycles. The summed E-state index contributed by atoms with van der Waals surface area (Å²) in [6.45, 7) is 0. The molecule has 169 valence electrons. The lowest BCUT2D eigenvalue weighted by Crippen LogP contribution is -2.43. The number of amides is 2. The third kappa shape index (κ3) is 3.32. The molecule has 33 heavy (non-hydrogen) atoms. The minimum absolute atomic E-state index is 0.0660. The highest BCUT2D eigenvalue weighted by molar-refractivity contribution is 6.18. The van der Waals surface area contributed by atoms with Gasteiger partial charge in [0, 0.05) is 23.6 Å². The molecule has 0 aromatic heterocycles. The van der Waals surface area contributed by atoms with E-state index in [9.17, 15) is 9.59 Å². The molecule has 2 saturated carbocycles. The number of nitrogens with one attached hydrogen (secondary N) is 2. The number of rotatable bonds is 4. The van der Waals surface area contributed by atoms with E-state index in [4.69, 9.17) is 9.31 Å². The molecule has 6 rings (SSSR count). The van der Waals surface area contributed by atoms with Crippen LogP contribution < -0.4 is 10.6 Å². The quantitative estimate of drug-likeness (QED) is 0.694. The molecule has 2 fully saturated rings. The Morgan fingerprint density at radius 2 is 1.18 bits per heavy atom. The summed E-state index contributed by atoms with van der Waals surface area (Å²) < 4.78 is 12.1. The molecule has 4 aliphatic rings. The average molecular weight is 443 g/mol. The van der Waals surface area contributed by atoms with Crippen LogP contribution in [0.5, 0.6) is 0 Å². The standard InChI is InChI=1S/C26H28BN2O4/c30-23-25(19-9-1-3-11-21(19)28-23)13-5-7-17(15-25)32-27-33-18-8-6-14-26(16-18)20-10-2-4-12-22(20)29-24(26)31/h1-4,9-12,17-18H,5-8,13-16H2,(H,28,30)(H,29,31). The van der Waals surface area contributed by atoms with Gasteiger partial charge in [-0.3, -0.25) is 9.59 Å². The van der Waals surface area contributed by atoms with Gasteiger partial charge in [0.05, 0.1) is 10.8 Å². The van der Waals surface area contributed by atoms with E-state index in [1.807, 2.05) is 36.4 Å². The third-order valence-corrected chi connectivity index (χ3v) is 8.16. The first-order valence-electron chi connectivity index (χ1n) is 12.1. The van der Waals surface area contributed by atoms with Crippen LogP contribution in [0, 0.1) is 0 Å². The summed E-state index contributed by atoms with van der Waals surface area (Å²) in [5.74, 6) is 0.163. The lowest BCUT2D eigenvalue weighted by atomic mass is 9.69. The normalized spacial score (nSPS) is 32.4. The van der Waals surface area contributed by atoms with Gasteiger partial charge in [0.15, 0.2) is 0 Å². The number of hydrogen-bond donors (Lipinski definition) is 2. The van der Waals surface area contributed by atoms with Gasteiger partial charge in [-0.15, -0.1) is 0 Å². The SMILES string of the molecule is O=C1Nc2ccccc2C12CCCC(O[B]OC1CCCC3(C1)C(=O)Nc1ccccc13)C2. The van der Waals surface area contributed by atoms with Crippen LogP contribution in [0.3, 0.4) is 0 Å². The molecule has 2 aliphatic heterocycles. The second kappa shape index (κ2) is 7.99. The predicted molar refractivity (Wildman–Crippen MR) is 126 cm³/mol. The molecule has 2 heterocycles. The number of benzene rings is 2. The fourth-order valence-electron chi connectivity index (χ4n) is 6.52. The number of anilines is 2. The Morgan fingerprint density at radius 3 is 1.67 bits per heavy atom. The summed E-state index contributed by atoms with van der Waals surface area (Å²) >= 11 is 0. The Labute approximate surface area is 194 Å². The molecule has 0 bridgehead atoms. The summed E-state index contributed by atoms with van der Waals surface area (Å²) in [4.78, 5) is 25.8. The maximum atomic E-state index is 12.9. The molecule has 0 saturated heterocycles. The third-order valence-electron chi connectivity index (χ3n) is 8.16. The Hall–Kier alpha value is -2.64. The molecule has 4 unspecified atom stereocenters. The van der Waals surface area contributed by atoms with E-state index >= 15 is 0 Å². The van der Waals surface area contributed by atoms with Crippen molar-refractivity contribution in [1.82, 2.24) is 0 Å². The minimum atomic E-state index is -0.506. The van der Waals surface area contributed by atoms with Gasteiger partial charge in [0.2, 0.25) is 11.8 Å². The first-order valence-corrected chi connectivity index (χ1v) is 12.1. The lowest BCUT2D eigenvalue weighted by molar-refractivity contribution is -0.123. The van der Waals surface area contributed by atoms with E-state index in [1.54, 1.807) is 0 Å². The second-order valence-corrected chi connectivity index (χ2v) is 9.97. The number of para-hydroxylation sites is 2. The van der Waals surface area contributed by atoms with Crippen LogP contribution in [0.1, 0.15) is 62.5 Å². The average Bonchev–Trinajstić information content (AvgIpc) is 3.25. The van der Waals surface area contributed by atoms with Gasteiger partial charge in [-0.2, -0.15) is 0 Å². The molecular weight excluding hydrogens is 415 g/mol. The zero-order valence-corrected chi connectivity index (χ0v) is 18.6. The van der Waals surface area contributed by atoms with E-state index in [2.05, 4.69) is 22.8 Å². The summed E-state index contributed by atoms with van der Waals surface area (Å²) in [5, 5.41) is 6.11. The highest BCUT2D eigenvalue weighted by Crippen LogP contribution is 2.49. The molecule has 4 atom stereocenters. The topological polar surface area (TPSA) is 76.7 Å². The molecule has 1 radical (unpaired) electrons. The zero-order valence-electron chi connectivity index (χ0n) is 18.6. The number of hydrogen-bond acceptors (Lipinski definition) is 4. The van der Waals surface area contributed by atoms with E-state index < -0.39 is 10.8 Å². The summed E-state index contributed by atoms with van der Waals surface area (Å²) in [7, 11) is 1.48. The Bertz CT molecular complexity index is 1020. The Kier molecular flexibility index (Phi) is 5.07. The molecule has 2 N–H and O–H groups in total. The smallest absolute Gasteiger partial charge is 0.410 e. The van der Waals surface area contributed by atoms with Gasteiger partial charge in [-0.05, 0) is 74.6 Å². The van der Waals surface area contributed by atoms with Gasteiger partial charge < -0.3 is 19.9 Å². The van der Waals surface area contributed by atoms with Gasteiger partial charge >= 0.3 is 7.69 Å². The van der Waals surface area contributed by atoms with Gasteiger partial charge in [0.25, 0.3) is 0 Å². The van der Waals surface area contributed by atoms with Gasteiger partial charge in [-0.25, -0.2) is 0 Å². The van der Waals surface area contributed by atoms with Crippen molar-refractivity contribution in [3.63, 3.8) is 0 Å². The van der Waals surface area contributed by atoms with Crippen LogP contribution in [0.25, 0.3) is 0 Å². The highest BCUT2D eigenvalue weighted by Gasteiger charge is 2.51. The van der Waals surface area contributed by atoms with Crippen molar-refractivity contribution in [3.05, 3.63) is 59.7 Å². The van der Waals surface area contributed by atoms with Crippen LogP contribution in [-0.2, 0) is 29.7 Å². The van der Waals surface area contributed by atoms with Crippen molar-refractivity contribution in [3.8, 4) is 0 Å². The van der Waals surface area contributed by atoms with Crippen molar-refractivity contribution in [1.29, 1.82) is 0 Å². The molecule has 2 amide bonds. The molecule has 7 heteroatoms. The highest BCUT2D eigenvalue weighted by atomic mass is 16.6. The van der Waals surface area contributed by atoms with Crippen molar-refractivity contribution in [2.45, 2.75) is 74.4 Å². The Balaban J connectivity index is 1.10. The Morgan fingerprint density at radius 1 is 0.727 bits per heavy atom. The van der Waals surface area contributed by atoms with Crippen LogP contribution in [-0.4, -0.2) is 31.7 Å². The lowest BCUT2D eigenvalue weighted by Gasteiger charge is -2.38. The van der Waals surface area contributed by atoms with Gasteiger partial charge in [0.1, 0.15) is 0 Å². The van der Waals surface area contributed by atoms with Crippen molar-refractivity contribution < 1.29 is 18.9 Å². The molecule has 2 aliphatic carbocycles. The zero-order chi connectivity index (χ0) is 22.5. The minimum Gasteiger partial charge on any atom is -0.410 e. The summed E-state index contributed by atoms with van der Waals surface area (Å²) in [6, 6.07) is 16.0. The van der Waals surface area contributed by atoms with Crippen LogP contribution >= 0.6 is 0 Å². The largest absolute Gasteiger partial charge is 0.488 e. The van der Waals surface area contributed by atoms with E-state index in [-0.39, 0.29) is 24.0 Å². The summed E-state index contributed by atoms with van der Waals surface area (Å²) in [6.07, 6.45) is 6.54. The van der Waals surface area contributed by atoms with E-state index in [0.29, 0.717) is 12.8 Å². The monoisotopic (exact) mass is 443 g/mol. The summed E-state index contributed by atoms with van der Waals surface area (Å²) in [5.41, 5.74) is 3.01.